The van der Waals surface area contributed by atoms with E-state index in [9.17, 15) is 9.59 Å². The van der Waals surface area contributed by atoms with Crippen LogP contribution >= 0.6 is 0 Å². The lowest BCUT2D eigenvalue weighted by Crippen LogP contribution is -2.50. The van der Waals surface area contributed by atoms with Crippen molar-refractivity contribution in [2.75, 3.05) is 32.7 Å². The monoisotopic (exact) mass is 423 g/mol. The maximum Gasteiger partial charge on any atom is 0.407 e. The summed E-state index contributed by atoms with van der Waals surface area (Å²) in [7, 11) is 0. The molecule has 1 aliphatic rings. The van der Waals surface area contributed by atoms with Crippen LogP contribution in [0.15, 0.2) is 60.7 Å². The summed E-state index contributed by atoms with van der Waals surface area (Å²) in [5, 5.41) is 2.66. The highest BCUT2D eigenvalue weighted by molar-refractivity contribution is 5.77. The summed E-state index contributed by atoms with van der Waals surface area (Å²) in [4.78, 5) is 28.7. The second-order valence-electron chi connectivity index (χ2n) is 8.82. The van der Waals surface area contributed by atoms with Gasteiger partial charge in [-0.05, 0) is 31.9 Å². The number of ether oxygens (including phenoxy) is 1. The molecule has 6 heteroatoms. The summed E-state index contributed by atoms with van der Waals surface area (Å²) in [5.41, 5.74) is 1.98. The van der Waals surface area contributed by atoms with Crippen LogP contribution in [0.5, 0.6) is 0 Å². The zero-order valence-corrected chi connectivity index (χ0v) is 18.7. The summed E-state index contributed by atoms with van der Waals surface area (Å²) >= 11 is 0. The van der Waals surface area contributed by atoms with E-state index in [1.807, 2.05) is 37.8 Å². The highest BCUT2D eigenvalue weighted by Crippen LogP contribution is 2.29. The van der Waals surface area contributed by atoms with Gasteiger partial charge in [-0.2, -0.15) is 0 Å². The van der Waals surface area contributed by atoms with Crippen LogP contribution in [-0.2, 0) is 9.53 Å². The fourth-order valence-corrected chi connectivity index (χ4v) is 3.86. The van der Waals surface area contributed by atoms with E-state index in [1.165, 1.54) is 11.1 Å². The third kappa shape index (κ3) is 6.82. The van der Waals surface area contributed by atoms with Gasteiger partial charge in [-0.25, -0.2) is 4.79 Å². The van der Waals surface area contributed by atoms with Gasteiger partial charge < -0.3 is 15.0 Å². The molecular weight excluding hydrogens is 390 g/mol. The SMILES string of the molecule is CC(C)(C)OC(=O)NCCC(=O)N1CCN(C(c2ccccc2)c2ccccc2)CC1. The minimum Gasteiger partial charge on any atom is -0.444 e. The molecule has 166 valence electrons. The highest BCUT2D eigenvalue weighted by atomic mass is 16.6. The van der Waals surface area contributed by atoms with Gasteiger partial charge in [-0.1, -0.05) is 60.7 Å². The molecule has 0 aromatic heterocycles. The number of carbonyl (C=O) groups is 2. The molecule has 0 aliphatic carbocycles. The first-order valence-electron chi connectivity index (χ1n) is 10.9. The number of carbonyl (C=O) groups excluding carboxylic acids is 2. The molecule has 1 saturated heterocycles. The quantitative estimate of drug-likeness (QED) is 0.767. The van der Waals surface area contributed by atoms with E-state index >= 15 is 0 Å². The number of piperazine rings is 1. The van der Waals surface area contributed by atoms with Crippen molar-refractivity contribution in [3.63, 3.8) is 0 Å². The average molecular weight is 424 g/mol. The molecule has 1 N–H and O–H groups in total. The predicted octanol–water partition coefficient (Wildman–Crippen LogP) is 3.84. The third-order valence-corrected chi connectivity index (χ3v) is 5.27. The molecular formula is C25H33N3O3. The first-order chi connectivity index (χ1) is 14.8. The van der Waals surface area contributed by atoms with E-state index in [0.29, 0.717) is 13.1 Å². The maximum absolute atomic E-state index is 12.6. The molecule has 2 aromatic rings. The number of nitrogens with zero attached hydrogens (tertiary/aromatic N) is 2. The Morgan fingerprint density at radius 3 is 1.90 bits per heavy atom. The van der Waals surface area contributed by atoms with Crippen molar-refractivity contribution >= 4 is 12.0 Å². The lowest BCUT2D eigenvalue weighted by atomic mass is 9.96. The number of hydrogen-bond donors (Lipinski definition) is 1. The number of benzene rings is 2. The van der Waals surface area contributed by atoms with Crippen LogP contribution in [0.2, 0.25) is 0 Å². The summed E-state index contributed by atoms with van der Waals surface area (Å²) < 4.78 is 5.21. The fourth-order valence-electron chi connectivity index (χ4n) is 3.86. The molecule has 1 fully saturated rings. The number of nitrogens with one attached hydrogen (secondary N) is 1. The topological polar surface area (TPSA) is 61.9 Å². The normalized spacial score (nSPS) is 15.0. The minimum absolute atomic E-state index is 0.0617. The first kappa shape index (κ1) is 22.8. The summed E-state index contributed by atoms with van der Waals surface area (Å²) in [6.45, 7) is 8.70. The maximum atomic E-state index is 12.6. The van der Waals surface area contributed by atoms with Gasteiger partial charge in [0.15, 0.2) is 0 Å². The van der Waals surface area contributed by atoms with Crippen molar-refractivity contribution in [2.45, 2.75) is 38.8 Å². The van der Waals surface area contributed by atoms with E-state index in [4.69, 9.17) is 4.74 Å². The summed E-state index contributed by atoms with van der Waals surface area (Å²) in [6.07, 6.45) is -0.210. The minimum atomic E-state index is -0.543. The van der Waals surface area contributed by atoms with Gasteiger partial charge in [0, 0.05) is 39.1 Å². The Balaban J connectivity index is 1.54. The Hall–Kier alpha value is -2.86. The smallest absolute Gasteiger partial charge is 0.407 e. The van der Waals surface area contributed by atoms with Gasteiger partial charge in [0.05, 0.1) is 6.04 Å². The van der Waals surface area contributed by atoms with E-state index in [1.54, 1.807) is 0 Å². The van der Waals surface area contributed by atoms with Crippen molar-refractivity contribution in [3.05, 3.63) is 71.8 Å². The number of rotatable bonds is 6. The van der Waals surface area contributed by atoms with E-state index in [0.717, 1.165) is 13.1 Å². The Morgan fingerprint density at radius 1 is 0.903 bits per heavy atom. The average Bonchev–Trinajstić information content (AvgIpc) is 2.75. The lowest BCUT2D eigenvalue weighted by molar-refractivity contribution is -0.133. The predicted molar refractivity (Wildman–Crippen MR) is 122 cm³/mol. The summed E-state index contributed by atoms with van der Waals surface area (Å²) in [6, 6.07) is 21.2. The van der Waals surface area contributed by atoms with Gasteiger partial charge in [-0.3, -0.25) is 9.69 Å². The molecule has 1 aliphatic heterocycles. The first-order valence-corrected chi connectivity index (χ1v) is 10.9. The van der Waals surface area contributed by atoms with Crippen LogP contribution < -0.4 is 5.32 Å². The Morgan fingerprint density at radius 2 is 1.42 bits per heavy atom. The molecule has 0 radical (unpaired) electrons. The second kappa shape index (κ2) is 10.4. The van der Waals surface area contributed by atoms with Crippen molar-refractivity contribution < 1.29 is 14.3 Å². The van der Waals surface area contributed by atoms with Gasteiger partial charge in [0.2, 0.25) is 5.91 Å². The molecule has 2 aromatic carbocycles. The molecule has 0 saturated carbocycles. The van der Waals surface area contributed by atoms with Gasteiger partial charge in [0.1, 0.15) is 5.60 Å². The molecule has 1 heterocycles. The third-order valence-electron chi connectivity index (χ3n) is 5.27. The molecule has 31 heavy (non-hydrogen) atoms. The van der Waals surface area contributed by atoms with Gasteiger partial charge in [0.25, 0.3) is 0 Å². The van der Waals surface area contributed by atoms with Crippen LogP contribution in [0.4, 0.5) is 4.79 Å². The van der Waals surface area contributed by atoms with E-state index < -0.39 is 11.7 Å². The van der Waals surface area contributed by atoms with Gasteiger partial charge >= 0.3 is 6.09 Å². The fraction of sp³-hybridized carbons (Fsp3) is 0.440. The molecule has 0 bridgehead atoms. The number of alkyl carbamates (subject to hydrolysis) is 1. The van der Waals surface area contributed by atoms with Crippen molar-refractivity contribution in [1.29, 1.82) is 0 Å². The second-order valence-corrected chi connectivity index (χ2v) is 8.82. The molecule has 0 unspecified atom stereocenters. The van der Waals surface area contributed by atoms with Gasteiger partial charge in [-0.15, -0.1) is 0 Å². The summed E-state index contributed by atoms with van der Waals surface area (Å²) in [5.74, 6) is 0.0617. The zero-order chi connectivity index (χ0) is 22.3. The van der Waals surface area contributed by atoms with E-state index in [-0.39, 0.29) is 24.9 Å². The van der Waals surface area contributed by atoms with Crippen LogP contribution in [0.3, 0.4) is 0 Å². The van der Waals surface area contributed by atoms with Crippen molar-refractivity contribution in [2.24, 2.45) is 0 Å². The molecule has 3 rings (SSSR count). The number of hydrogen-bond acceptors (Lipinski definition) is 4. The molecule has 0 spiro atoms. The van der Waals surface area contributed by atoms with E-state index in [2.05, 4.69) is 58.7 Å². The molecule has 2 amide bonds. The Bertz CT molecular complexity index is 802. The van der Waals surface area contributed by atoms with Crippen LogP contribution in [0.1, 0.15) is 44.4 Å². The van der Waals surface area contributed by atoms with Crippen LogP contribution in [0.25, 0.3) is 0 Å². The Labute approximate surface area is 185 Å². The van der Waals surface area contributed by atoms with Crippen LogP contribution in [-0.4, -0.2) is 60.1 Å². The van der Waals surface area contributed by atoms with Crippen molar-refractivity contribution in [3.8, 4) is 0 Å². The van der Waals surface area contributed by atoms with Crippen molar-refractivity contribution in [1.82, 2.24) is 15.1 Å². The largest absolute Gasteiger partial charge is 0.444 e. The Kier molecular flexibility index (Phi) is 7.69. The number of amides is 2. The zero-order valence-electron chi connectivity index (χ0n) is 18.7. The lowest BCUT2D eigenvalue weighted by Gasteiger charge is -2.40. The van der Waals surface area contributed by atoms with Crippen LogP contribution in [0, 0.1) is 0 Å². The highest BCUT2D eigenvalue weighted by Gasteiger charge is 2.28. The molecule has 6 nitrogen and oxygen atoms in total. The standard InChI is InChI=1S/C25H33N3O3/c1-25(2,3)31-24(30)26-15-14-22(29)27-16-18-28(19-17-27)23(20-10-6-4-7-11-20)21-12-8-5-9-13-21/h4-13,23H,14-19H2,1-3H3,(H,26,30). The molecule has 0 atom stereocenters.